The third kappa shape index (κ3) is 5.84. The van der Waals surface area contributed by atoms with Crippen LogP contribution < -0.4 is 5.32 Å². The van der Waals surface area contributed by atoms with Crippen LogP contribution >= 0.6 is 11.3 Å². The number of nitrogens with one attached hydrogen (secondary N) is 1. The molecule has 0 atom stereocenters. The largest absolute Gasteiger partial charge is 0.380 e. The number of piperazine rings is 1. The highest BCUT2D eigenvalue weighted by atomic mass is 32.1. The van der Waals surface area contributed by atoms with E-state index in [0.29, 0.717) is 6.54 Å². The zero-order valence-electron chi connectivity index (χ0n) is 14.4. The van der Waals surface area contributed by atoms with E-state index >= 15 is 0 Å². The standard InChI is InChI=1S/C16H28N4O2S/c1-4-14-13(3)23-16(17-14)18-15(21)12-20-8-6-19(7-9-20)10-11-22-5-2/h4-12H2,1-3H3,(H,17,18,21). The third-order valence-corrected chi connectivity index (χ3v) is 4.99. The molecule has 0 bridgehead atoms. The second-order valence-corrected chi connectivity index (χ2v) is 6.94. The zero-order chi connectivity index (χ0) is 16.7. The summed E-state index contributed by atoms with van der Waals surface area (Å²) in [6.07, 6.45) is 0.905. The van der Waals surface area contributed by atoms with Crippen molar-refractivity contribution < 1.29 is 9.53 Å². The van der Waals surface area contributed by atoms with E-state index in [-0.39, 0.29) is 5.91 Å². The molecule has 1 aromatic heterocycles. The van der Waals surface area contributed by atoms with Crippen molar-refractivity contribution in [1.82, 2.24) is 14.8 Å². The van der Waals surface area contributed by atoms with Gasteiger partial charge in [0.05, 0.1) is 18.8 Å². The number of rotatable bonds is 8. The number of nitrogens with zero attached hydrogens (tertiary/aromatic N) is 3. The van der Waals surface area contributed by atoms with Crippen molar-refractivity contribution in [2.75, 3.05) is 57.8 Å². The van der Waals surface area contributed by atoms with Crippen LogP contribution in [-0.2, 0) is 16.0 Å². The SMILES string of the molecule is CCOCCN1CCN(CC(=O)Nc2nc(CC)c(C)s2)CC1. The Kier molecular flexibility index (Phi) is 7.42. The maximum absolute atomic E-state index is 12.2. The van der Waals surface area contributed by atoms with Crippen LogP contribution in [-0.4, -0.2) is 73.2 Å². The first-order valence-corrected chi connectivity index (χ1v) is 9.22. The average Bonchev–Trinajstić information content (AvgIpc) is 2.88. The summed E-state index contributed by atoms with van der Waals surface area (Å²) < 4.78 is 5.39. The Labute approximate surface area is 142 Å². The molecular weight excluding hydrogens is 312 g/mol. The van der Waals surface area contributed by atoms with Crippen LogP contribution in [0.4, 0.5) is 5.13 Å². The van der Waals surface area contributed by atoms with Crippen LogP contribution in [0.2, 0.25) is 0 Å². The summed E-state index contributed by atoms with van der Waals surface area (Å²) in [6.45, 7) is 13.0. The first-order chi connectivity index (χ1) is 11.1. The van der Waals surface area contributed by atoms with Gasteiger partial charge in [-0.15, -0.1) is 11.3 Å². The van der Waals surface area contributed by atoms with E-state index in [2.05, 4.69) is 27.0 Å². The van der Waals surface area contributed by atoms with Gasteiger partial charge in [-0.3, -0.25) is 14.6 Å². The van der Waals surface area contributed by atoms with Gasteiger partial charge in [0.25, 0.3) is 0 Å². The first kappa shape index (κ1) is 18.3. The highest BCUT2D eigenvalue weighted by molar-refractivity contribution is 7.15. The minimum atomic E-state index is 0.0316. The molecule has 1 aliphatic rings. The number of ether oxygens (including phenoxy) is 1. The summed E-state index contributed by atoms with van der Waals surface area (Å²) >= 11 is 1.56. The second-order valence-electron chi connectivity index (χ2n) is 5.74. The van der Waals surface area contributed by atoms with E-state index in [1.165, 1.54) is 4.88 Å². The average molecular weight is 340 g/mol. The number of hydrogen-bond acceptors (Lipinski definition) is 6. The zero-order valence-corrected chi connectivity index (χ0v) is 15.2. The molecule has 1 fully saturated rings. The fraction of sp³-hybridized carbons (Fsp3) is 0.750. The van der Waals surface area contributed by atoms with Crippen LogP contribution in [0, 0.1) is 6.92 Å². The number of aromatic nitrogens is 1. The number of hydrogen-bond donors (Lipinski definition) is 1. The summed E-state index contributed by atoms with van der Waals surface area (Å²) in [6, 6.07) is 0. The van der Waals surface area contributed by atoms with Gasteiger partial charge in [0.1, 0.15) is 0 Å². The van der Waals surface area contributed by atoms with Crippen LogP contribution in [0.15, 0.2) is 0 Å². The minimum absolute atomic E-state index is 0.0316. The maximum atomic E-state index is 12.2. The van der Waals surface area contributed by atoms with E-state index in [0.717, 1.165) is 63.2 Å². The number of amides is 1. The van der Waals surface area contributed by atoms with E-state index in [4.69, 9.17) is 4.74 Å². The Morgan fingerprint density at radius 1 is 1.26 bits per heavy atom. The van der Waals surface area contributed by atoms with E-state index < -0.39 is 0 Å². The first-order valence-electron chi connectivity index (χ1n) is 8.41. The van der Waals surface area contributed by atoms with Gasteiger partial charge in [0.2, 0.25) is 5.91 Å². The number of carbonyl (C=O) groups excluding carboxylic acids is 1. The molecule has 0 saturated carbocycles. The third-order valence-electron chi connectivity index (χ3n) is 4.06. The van der Waals surface area contributed by atoms with Crippen molar-refractivity contribution in [1.29, 1.82) is 0 Å². The second kappa shape index (κ2) is 9.32. The Morgan fingerprint density at radius 3 is 2.57 bits per heavy atom. The molecular formula is C16H28N4O2S. The number of aryl methyl sites for hydroxylation is 2. The van der Waals surface area contributed by atoms with Crippen molar-refractivity contribution in [3.05, 3.63) is 10.6 Å². The van der Waals surface area contributed by atoms with Gasteiger partial charge in [-0.05, 0) is 20.3 Å². The fourth-order valence-corrected chi connectivity index (χ4v) is 3.60. The topological polar surface area (TPSA) is 57.7 Å². The monoisotopic (exact) mass is 340 g/mol. The molecule has 0 radical (unpaired) electrons. The normalized spacial score (nSPS) is 16.7. The molecule has 1 N–H and O–H groups in total. The molecule has 1 saturated heterocycles. The molecule has 0 aromatic carbocycles. The maximum Gasteiger partial charge on any atom is 0.240 e. The number of anilines is 1. The molecule has 130 valence electrons. The molecule has 0 spiro atoms. The molecule has 7 heteroatoms. The Bertz CT molecular complexity index is 498. The minimum Gasteiger partial charge on any atom is -0.380 e. The van der Waals surface area contributed by atoms with Gasteiger partial charge in [-0.2, -0.15) is 0 Å². The summed E-state index contributed by atoms with van der Waals surface area (Å²) in [4.78, 5) is 22.4. The van der Waals surface area contributed by atoms with Crippen molar-refractivity contribution in [2.45, 2.75) is 27.2 Å². The van der Waals surface area contributed by atoms with Crippen LogP contribution in [0.3, 0.4) is 0 Å². The van der Waals surface area contributed by atoms with Gasteiger partial charge in [0, 0.05) is 44.2 Å². The quantitative estimate of drug-likeness (QED) is 0.729. The molecule has 1 aliphatic heterocycles. The lowest BCUT2D eigenvalue weighted by atomic mass is 10.3. The summed E-state index contributed by atoms with van der Waals surface area (Å²) in [7, 11) is 0. The molecule has 1 amide bonds. The summed E-state index contributed by atoms with van der Waals surface area (Å²) in [5, 5.41) is 3.65. The lowest BCUT2D eigenvalue weighted by Crippen LogP contribution is -2.49. The fourth-order valence-electron chi connectivity index (χ4n) is 2.68. The van der Waals surface area contributed by atoms with Crippen molar-refractivity contribution in [3.63, 3.8) is 0 Å². The summed E-state index contributed by atoms with van der Waals surface area (Å²) in [5.41, 5.74) is 1.08. The van der Waals surface area contributed by atoms with Gasteiger partial charge < -0.3 is 10.1 Å². The highest BCUT2D eigenvalue weighted by Gasteiger charge is 2.19. The van der Waals surface area contributed by atoms with E-state index in [1.807, 2.05) is 13.8 Å². The summed E-state index contributed by atoms with van der Waals surface area (Å²) in [5.74, 6) is 0.0316. The lowest BCUT2D eigenvalue weighted by Gasteiger charge is -2.34. The van der Waals surface area contributed by atoms with Crippen LogP contribution in [0.5, 0.6) is 0 Å². The number of carbonyl (C=O) groups is 1. The molecule has 1 aromatic rings. The molecule has 6 nitrogen and oxygen atoms in total. The van der Waals surface area contributed by atoms with Crippen LogP contribution in [0.1, 0.15) is 24.4 Å². The van der Waals surface area contributed by atoms with Gasteiger partial charge >= 0.3 is 0 Å². The van der Waals surface area contributed by atoms with E-state index in [1.54, 1.807) is 11.3 Å². The molecule has 2 heterocycles. The van der Waals surface area contributed by atoms with Crippen LogP contribution in [0.25, 0.3) is 0 Å². The Morgan fingerprint density at radius 2 is 1.96 bits per heavy atom. The Hall–Kier alpha value is -1.02. The molecule has 23 heavy (non-hydrogen) atoms. The molecule has 2 rings (SSSR count). The van der Waals surface area contributed by atoms with Crippen molar-refractivity contribution in [3.8, 4) is 0 Å². The predicted molar refractivity (Wildman–Crippen MR) is 94.2 cm³/mol. The van der Waals surface area contributed by atoms with Crippen molar-refractivity contribution in [2.24, 2.45) is 0 Å². The van der Waals surface area contributed by atoms with Gasteiger partial charge in [-0.1, -0.05) is 6.92 Å². The van der Waals surface area contributed by atoms with E-state index in [9.17, 15) is 4.79 Å². The highest BCUT2D eigenvalue weighted by Crippen LogP contribution is 2.22. The lowest BCUT2D eigenvalue weighted by molar-refractivity contribution is -0.117. The van der Waals surface area contributed by atoms with Gasteiger partial charge in [-0.25, -0.2) is 4.98 Å². The molecule has 0 aliphatic carbocycles. The predicted octanol–water partition coefficient (Wildman–Crippen LogP) is 1.61. The smallest absolute Gasteiger partial charge is 0.240 e. The van der Waals surface area contributed by atoms with Crippen molar-refractivity contribution >= 4 is 22.4 Å². The Balaban J connectivity index is 1.70. The molecule has 0 unspecified atom stereocenters. The van der Waals surface area contributed by atoms with Gasteiger partial charge in [0.15, 0.2) is 5.13 Å². The number of thiazole rings is 1.